The van der Waals surface area contributed by atoms with Gasteiger partial charge in [-0.2, -0.15) is 10.2 Å². The molecule has 2 aromatic heterocycles. The number of phenolic OH excluding ortho intramolecular Hbond substituents is 4. The molecule has 0 amide bonds. The Labute approximate surface area is 641 Å². The molecule has 8 aromatic carbocycles. The molecule has 0 aliphatic heterocycles. The van der Waals surface area contributed by atoms with Crippen LogP contribution >= 0.6 is 163 Å². The van der Waals surface area contributed by atoms with E-state index in [2.05, 4.69) is 46.6 Å². The summed E-state index contributed by atoms with van der Waals surface area (Å²) in [6.45, 7) is 3.44. The van der Waals surface area contributed by atoms with Gasteiger partial charge in [0.2, 0.25) is 17.5 Å². The number of aryl methyl sites for hydroxylation is 1. The number of carboxylic acids is 1. The monoisotopic (exact) mass is 1630 g/mol. The molecule has 0 saturated heterocycles. The minimum Gasteiger partial charge on any atom is -0.870 e. The van der Waals surface area contributed by atoms with Crippen LogP contribution in [0.15, 0.2) is 131 Å². The first-order valence-corrected chi connectivity index (χ1v) is 30.4. The van der Waals surface area contributed by atoms with Crippen molar-refractivity contribution in [2.24, 2.45) is 16.8 Å². The Bertz CT molecular complexity index is 4460. The van der Waals surface area contributed by atoms with E-state index in [1.54, 1.807) is 56.3 Å². The van der Waals surface area contributed by atoms with E-state index < -0.39 is 17.2 Å². The first kappa shape index (κ1) is 87.9. The van der Waals surface area contributed by atoms with Crippen molar-refractivity contribution in [2.75, 3.05) is 6.61 Å². The maximum atomic E-state index is 11.0. The number of carboxylic acid groups (broad SMARTS) is 1. The van der Waals surface area contributed by atoms with Crippen LogP contribution in [0, 0.1) is 6.92 Å². The molecule has 99 heavy (non-hydrogen) atoms. The molecule has 0 saturated carbocycles. The first-order valence-electron chi connectivity index (χ1n) is 25.5. The molecular formula is C58H42Cl14LiN9O17. The Morgan fingerprint density at radius 3 is 1.16 bits per heavy atom. The van der Waals surface area contributed by atoms with Crippen molar-refractivity contribution in [1.82, 2.24) is 30.8 Å². The van der Waals surface area contributed by atoms with Crippen molar-refractivity contribution in [3.8, 4) is 91.8 Å². The zero-order valence-corrected chi connectivity index (χ0v) is 60.3. The number of nitrogens with zero attached hydrogens (tertiary/aromatic N) is 6. The SMILES string of the molecule is CCOC(=O)C(=O)Cl.Cc1nc(-c2cc(Oc3ccc(Cl)cc3Cl)c(O)cc2Cl)no1.Cl.N/C(=N/O)c1cc(Oc2ccc(Cl)cc2Cl)c(O)cc1Cl.NO.O=C(O)c1cc(Oc2ccc(Cl)cc2Cl)c(O)cc1Cl.Oc1cc(Cl)c(-c2nn[nH]n2)cc1Oc1ccc(Cl)cc1Cl.[Li+].[OH-]. The van der Waals surface area contributed by atoms with Gasteiger partial charge < -0.3 is 75.4 Å². The normalized spacial score (nSPS) is 10.1. The van der Waals surface area contributed by atoms with Gasteiger partial charge in [0.15, 0.2) is 51.8 Å². The number of hydrogen-bond donors (Lipinski definition) is 10. The summed E-state index contributed by atoms with van der Waals surface area (Å²) >= 11 is 75.7. The number of H-pyrrole nitrogens is 1. The van der Waals surface area contributed by atoms with E-state index >= 15 is 0 Å². The van der Waals surface area contributed by atoms with Crippen LogP contribution in [-0.2, 0) is 14.3 Å². The van der Waals surface area contributed by atoms with E-state index in [0.717, 1.165) is 12.1 Å². The van der Waals surface area contributed by atoms with Crippen molar-refractivity contribution < 1.29 is 103 Å². The summed E-state index contributed by atoms with van der Waals surface area (Å²) in [5.74, 6) is 2.65. The molecule has 13 N–H and O–H groups in total. The largest absolute Gasteiger partial charge is 1.00 e. The predicted molar refractivity (Wildman–Crippen MR) is 372 cm³/mol. The second kappa shape index (κ2) is 42.1. The molecule has 41 heteroatoms. The van der Waals surface area contributed by atoms with Gasteiger partial charge in [-0.3, -0.25) is 4.79 Å². The molecule has 520 valence electrons. The molecule has 0 aliphatic carbocycles. The molecule has 0 bridgehead atoms. The number of esters is 1. The predicted octanol–water partition coefficient (Wildman–Crippen LogP) is 15.8. The Hall–Kier alpha value is -7.21. The number of aromatic nitrogens is 6. The van der Waals surface area contributed by atoms with Gasteiger partial charge in [-0.25, -0.2) is 15.5 Å². The van der Waals surface area contributed by atoms with Crippen LogP contribution in [0.4, 0.5) is 0 Å². The Morgan fingerprint density at radius 1 is 0.525 bits per heavy atom. The zero-order chi connectivity index (χ0) is 71.2. The number of amidine groups is 1. The summed E-state index contributed by atoms with van der Waals surface area (Å²) in [6.07, 6.45) is 0. The number of aromatic carboxylic acids is 1. The number of aromatic hydroxyl groups is 4. The number of tetrazole rings is 1. The average Bonchev–Trinajstić information content (AvgIpc) is 1.76. The van der Waals surface area contributed by atoms with Crippen LogP contribution in [0.25, 0.3) is 22.8 Å². The van der Waals surface area contributed by atoms with Crippen LogP contribution in [0.3, 0.4) is 0 Å². The molecule has 10 aromatic rings. The van der Waals surface area contributed by atoms with Crippen molar-refractivity contribution >= 4 is 186 Å². The maximum absolute atomic E-state index is 11.0. The Balaban J connectivity index is 0.000000425. The van der Waals surface area contributed by atoms with Gasteiger partial charge in [-0.05, 0) is 115 Å². The van der Waals surface area contributed by atoms with Crippen molar-refractivity contribution in [1.29, 1.82) is 0 Å². The van der Waals surface area contributed by atoms with Crippen LogP contribution in [0.2, 0.25) is 60.3 Å². The van der Waals surface area contributed by atoms with Gasteiger partial charge in [0.1, 0.15) is 23.0 Å². The summed E-state index contributed by atoms with van der Waals surface area (Å²) in [6, 6.07) is 29.0. The smallest absolute Gasteiger partial charge is 0.870 e. The van der Waals surface area contributed by atoms with Gasteiger partial charge >= 0.3 is 36.0 Å². The molecule has 10 rings (SSSR count). The Morgan fingerprint density at radius 2 is 0.869 bits per heavy atom. The van der Waals surface area contributed by atoms with E-state index in [1.165, 1.54) is 66.7 Å². The molecule has 0 fully saturated rings. The molecule has 26 nitrogen and oxygen atoms in total. The standard InChI is InChI=1S/C15H9Cl3N2O3.C13H7Cl3N4O2.C13H9Cl3N2O3.C13H7Cl3O4.C4H5ClO3.ClH.Li.H3NO.H2O/c1-7-19-15(20-23-7)9-5-14(12(21)6-10(9)17)22-13-3-2-8(16)4-11(13)18;14-6-1-2-11(9(16)3-6)22-12-4-7(8(15)5-10(12)21)13-17-19-20-18-13;14-6-1-2-11(9(16)3-6)21-12-4-7(13(17)18-20)8(15)5-10(12)19;14-6-1-2-11(9(16)3-6)20-12-4-7(13(18)19)8(15)5-10(12)17;1-2-8-4(7)3(5)6;;;1-2;/h2-6,21H,1H3;1-5,21H,(H,17,18,19,20);1-5,19-20H,(H2,17,18);1-5,17H,(H,18,19);2H2,1H3;1H;;2H,1H2;1H2/q;;;;;;+1;;/p-1. The van der Waals surface area contributed by atoms with E-state index in [9.17, 15) is 34.8 Å². The van der Waals surface area contributed by atoms with E-state index in [-0.39, 0.29) is 154 Å². The number of oxime groups is 1. The number of benzene rings is 8. The van der Waals surface area contributed by atoms with E-state index in [4.69, 9.17) is 196 Å². The minimum absolute atomic E-state index is 0. The van der Waals surface area contributed by atoms with Gasteiger partial charge in [0.25, 0.3) is 0 Å². The van der Waals surface area contributed by atoms with Crippen molar-refractivity contribution in [3.05, 3.63) is 199 Å². The van der Waals surface area contributed by atoms with Gasteiger partial charge in [-0.15, -0.1) is 22.6 Å². The third-order valence-electron chi connectivity index (χ3n) is 11.1. The number of nitrogens with one attached hydrogen (secondary N) is 1. The summed E-state index contributed by atoms with van der Waals surface area (Å²) in [5.41, 5.74) is 6.42. The number of carbonyl (C=O) groups is 3. The minimum atomic E-state index is -1.23. The second-order valence-electron chi connectivity index (χ2n) is 17.6. The van der Waals surface area contributed by atoms with Crippen molar-refractivity contribution in [3.63, 3.8) is 0 Å². The molecule has 2 heterocycles. The number of ether oxygens (including phenoxy) is 5. The number of rotatable bonds is 14. The third-order valence-corrected chi connectivity index (χ3v) is 14.6. The maximum Gasteiger partial charge on any atom is 1.00 e. The summed E-state index contributed by atoms with van der Waals surface area (Å²) in [4.78, 5) is 35.0. The second-order valence-corrected chi connectivity index (χ2v) is 22.9. The molecule has 0 atom stereocenters. The fraction of sp³-hybridized carbons (Fsp3) is 0.0517. The average molecular weight is 1640 g/mol. The molecule has 0 spiro atoms. The zero-order valence-electron chi connectivity index (χ0n) is 49.7. The Kier molecular flexibility index (Phi) is 37.4. The van der Waals surface area contributed by atoms with Gasteiger partial charge in [0.05, 0.1) is 52.4 Å². The fourth-order valence-corrected chi connectivity index (χ4v) is 9.65. The summed E-state index contributed by atoms with van der Waals surface area (Å²) in [7, 11) is 0. The number of phenols is 4. The van der Waals surface area contributed by atoms with Crippen molar-refractivity contribution in [2.45, 2.75) is 13.8 Å². The molecule has 0 aliphatic rings. The molecular weight excluding hydrogens is 1600 g/mol. The topological polar surface area (TPSA) is 427 Å². The number of nitrogens with two attached hydrogens (primary N) is 2. The van der Waals surface area contributed by atoms with Crippen LogP contribution in [0.5, 0.6) is 69.0 Å². The summed E-state index contributed by atoms with van der Waals surface area (Å²) < 4.78 is 31.2. The number of aromatic amines is 1. The van der Waals surface area contributed by atoms with Gasteiger partial charge in [-0.1, -0.05) is 150 Å². The first-order chi connectivity index (χ1) is 45.5. The van der Waals surface area contributed by atoms with Crippen LogP contribution in [0.1, 0.15) is 28.7 Å². The molecule has 0 radical (unpaired) electrons. The van der Waals surface area contributed by atoms with Crippen LogP contribution in [-0.4, -0.2) is 102 Å². The third kappa shape index (κ3) is 26.0. The summed E-state index contributed by atoms with van der Waals surface area (Å²) in [5, 5.41) is 86.3. The van der Waals surface area contributed by atoms with Crippen LogP contribution < -0.4 is 49.4 Å². The fourth-order valence-electron chi connectivity index (χ4n) is 6.83. The number of halogens is 14. The van der Waals surface area contributed by atoms with E-state index in [0.29, 0.717) is 64.5 Å². The number of hydrogen-bond acceptors (Lipinski definition) is 23. The molecule has 0 unspecified atom stereocenters. The van der Waals surface area contributed by atoms with E-state index in [1.807, 2.05) is 0 Å². The number of carbonyl (C=O) groups excluding carboxylic acids is 2. The van der Waals surface area contributed by atoms with Gasteiger partial charge in [0, 0.05) is 74.0 Å². The quantitative estimate of drug-likeness (QED) is 0.00706.